The molecule has 0 nitrogen and oxygen atoms in total. The zero-order valence-corrected chi connectivity index (χ0v) is 16.7. The Morgan fingerprint density at radius 2 is 1.43 bits per heavy atom. The maximum Gasteiger partial charge on any atom is 0.0649 e. The predicted molar refractivity (Wildman–Crippen MR) is 105 cm³/mol. The number of hydrogen-bond donors (Lipinski definition) is 0. The second-order valence-electron chi connectivity index (χ2n) is 5.30. The fraction of sp³-hybridized carbons (Fsp3) is 0.368. The summed E-state index contributed by atoms with van der Waals surface area (Å²) in [6, 6.07) is 13.6. The summed E-state index contributed by atoms with van der Waals surface area (Å²) >= 11 is 6.30. The number of hydrogen-bond acceptors (Lipinski definition) is 0. The molecule has 0 aliphatic heterocycles. The van der Waals surface area contributed by atoms with Crippen molar-refractivity contribution >= 4 is 38.5 Å². The van der Waals surface area contributed by atoms with Crippen LogP contribution in [-0.4, -0.2) is 0 Å². The third-order valence-electron chi connectivity index (χ3n) is 4.00. The van der Waals surface area contributed by atoms with Gasteiger partial charge in [0.25, 0.3) is 0 Å². The molecular weight excluding hydrogens is 435 g/mol. The van der Waals surface area contributed by atoms with E-state index in [0.717, 1.165) is 19.3 Å². The highest BCUT2D eigenvalue weighted by Gasteiger charge is 2.18. The SMILES string of the molecule is CCc1cc(CC)c(C(Br)c2ccc(I)cc2)c(CC)c1. The first-order chi connectivity index (χ1) is 10.1. The number of halogens is 2. The van der Waals surface area contributed by atoms with Gasteiger partial charge in [-0.2, -0.15) is 0 Å². The first kappa shape index (κ1) is 17.0. The molecule has 0 saturated heterocycles. The molecule has 0 aromatic heterocycles. The van der Waals surface area contributed by atoms with Gasteiger partial charge in [-0.05, 0) is 81.8 Å². The lowest BCUT2D eigenvalue weighted by Crippen LogP contribution is -2.05. The van der Waals surface area contributed by atoms with E-state index in [2.05, 4.69) is 95.7 Å². The summed E-state index contributed by atoms with van der Waals surface area (Å²) in [5, 5.41) is 0. The summed E-state index contributed by atoms with van der Waals surface area (Å²) in [5.74, 6) is 0. The molecule has 0 aliphatic rings. The van der Waals surface area contributed by atoms with Crippen molar-refractivity contribution in [3.8, 4) is 0 Å². The zero-order valence-electron chi connectivity index (χ0n) is 12.9. The maximum atomic E-state index is 3.95. The van der Waals surface area contributed by atoms with Gasteiger partial charge in [0.15, 0.2) is 0 Å². The van der Waals surface area contributed by atoms with Crippen molar-refractivity contribution in [2.24, 2.45) is 0 Å². The van der Waals surface area contributed by atoms with Crippen LogP contribution in [0.25, 0.3) is 0 Å². The highest BCUT2D eigenvalue weighted by atomic mass is 127. The molecule has 1 unspecified atom stereocenters. The van der Waals surface area contributed by atoms with Gasteiger partial charge in [0.1, 0.15) is 0 Å². The Hall–Kier alpha value is -0.350. The van der Waals surface area contributed by atoms with Crippen LogP contribution in [0.5, 0.6) is 0 Å². The lowest BCUT2D eigenvalue weighted by Gasteiger charge is -2.20. The van der Waals surface area contributed by atoms with Crippen LogP contribution in [0.15, 0.2) is 36.4 Å². The Morgan fingerprint density at radius 3 is 1.86 bits per heavy atom. The Labute approximate surface area is 150 Å². The smallest absolute Gasteiger partial charge is 0.0649 e. The van der Waals surface area contributed by atoms with Crippen LogP contribution in [0, 0.1) is 3.57 Å². The first-order valence-corrected chi connectivity index (χ1v) is 9.64. The second-order valence-corrected chi connectivity index (χ2v) is 7.46. The van der Waals surface area contributed by atoms with Gasteiger partial charge in [0.05, 0.1) is 4.83 Å². The van der Waals surface area contributed by atoms with Crippen LogP contribution in [0.2, 0.25) is 0 Å². The molecule has 1 atom stereocenters. The van der Waals surface area contributed by atoms with Crippen molar-refractivity contribution in [1.82, 2.24) is 0 Å². The van der Waals surface area contributed by atoms with E-state index in [4.69, 9.17) is 0 Å². The molecule has 0 radical (unpaired) electrons. The number of aryl methyl sites for hydroxylation is 3. The fourth-order valence-electron chi connectivity index (χ4n) is 2.76. The Balaban J connectivity index is 2.52. The molecule has 0 saturated carbocycles. The van der Waals surface area contributed by atoms with Crippen LogP contribution in [0.3, 0.4) is 0 Å². The van der Waals surface area contributed by atoms with E-state index >= 15 is 0 Å². The molecule has 0 N–H and O–H groups in total. The third-order valence-corrected chi connectivity index (χ3v) is 5.70. The summed E-state index contributed by atoms with van der Waals surface area (Å²) in [6.07, 6.45) is 3.28. The average Bonchev–Trinajstić information content (AvgIpc) is 2.53. The molecule has 2 heteroatoms. The van der Waals surface area contributed by atoms with E-state index in [1.165, 1.54) is 31.4 Å². The molecule has 0 aliphatic carbocycles. The number of alkyl halides is 1. The monoisotopic (exact) mass is 456 g/mol. The van der Waals surface area contributed by atoms with Crippen LogP contribution in [-0.2, 0) is 19.3 Å². The molecule has 2 rings (SSSR count). The molecule has 0 amide bonds. The molecule has 0 heterocycles. The molecule has 2 aromatic carbocycles. The average molecular weight is 457 g/mol. The highest BCUT2D eigenvalue weighted by molar-refractivity contribution is 14.1. The van der Waals surface area contributed by atoms with E-state index < -0.39 is 0 Å². The van der Waals surface area contributed by atoms with E-state index in [0.29, 0.717) is 0 Å². The van der Waals surface area contributed by atoms with Crippen molar-refractivity contribution in [2.45, 2.75) is 44.9 Å². The minimum Gasteiger partial charge on any atom is -0.0786 e. The van der Waals surface area contributed by atoms with Crippen molar-refractivity contribution in [2.75, 3.05) is 0 Å². The van der Waals surface area contributed by atoms with Gasteiger partial charge in [-0.25, -0.2) is 0 Å². The minimum atomic E-state index is 0.283. The lowest BCUT2D eigenvalue weighted by molar-refractivity contribution is 0.974. The molecular formula is C19H22BrI. The van der Waals surface area contributed by atoms with E-state index in [-0.39, 0.29) is 4.83 Å². The maximum absolute atomic E-state index is 3.95. The van der Waals surface area contributed by atoms with E-state index in [1.807, 2.05) is 0 Å². The Morgan fingerprint density at radius 1 is 0.905 bits per heavy atom. The molecule has 21 heavy (non-hydrogen) atoms. The normalized spacial score (nSPS) is 12.4. The molecule has 0 fully saturated rings. The van der Waals surface area contributed by atoms with Gasteiger partial charge < -0.3 is 0 Å². The number of rotatable bonds is 5. The second kappa shape index (κ2) is 7.77. The van der Waals surface area contributed by atoms with Crippen LogP contribution < -0.4 is 0 Å². The summed E-state index contributed by atoms with van der Waals surface area (Å²) in [7, 11) is 0. The first-order valence-electron chi connectivity index (χ1n) is 7.64. The molecule has 0 spiro atoms. The van der Waals surface area contributed by atoms with Gasteiger partial charge in [-0.3, -0.25) is 0 Å². The van der Waals surface area contributed by atoms with Crippen molar-refractivity contribution in [3.63, 3.8) is 0 Å². The standard InChI is InChI=1S/C19H22BrI/c1-4-13-11-14(5-2)18(15(6-3)12-13)19(20)16-7-9-17(21)10-8-16/h7-12,19H,4-6H2,1-3H3. The molecule has 0 bridgehead atoms. The Bertz CT molecular complexity index is 576. The van der Waals surface area contributed by atoms with E-state index in [9.17, 15) is 0 Å². The van der Waals surface area contributed by atoms with Crippen LogP contribution >= 0.6 is 38.5 Å². The largest absolute Gasteiger partial charge is 0.0786 e. The minimum absolute atomic E-state index is 0.283. The predicted octanol–water partition coefficient (Wildman–Crippen LogP) is 6.46. The molecule has 2 aromatic rings. The van der Waals surface area contributed by atoms with Crippen molar-refractivity contribution in [1.29, 1.82) is 0 Å². The fourth-order valence-corrected chi connectivity index (χ4v) is 4.02. The summed E-state index contributed by atoms with van der Waals surface area (Å²) < 4.78 is 1.28. The van der Waals surface area contributed by atoms with Gasteiger partial charge in [-0.15, -0.1) is 0 Å². The van der Waals surface area contributed by atoms with Gasteiger partial charge in [-0.1, -0.05) is 61.0 Å². The van der Waals surface area contributed by atoms with Crippen molar-refractivity contribution in [3.05, 3.63) is 67.8 Å². The van der Waals surface area contributed by atoms with E-state index in [1.54, 1.807) is 0 Å². The highest BCUT2D eigenvalue weighted by Crippen LogP contribution is 2.37. The zero-order chi connectivity index (χ0) is 15.4. The van der Waals surface area contributed by atoms with Crippen molar-refractivity contribution < 1.29 is 0 Å². The Kier molecular flexibility index (Phi) is 6.30. The molecule has 112 valence electrons. The van der Waals surface area contributed by atoms with Gasteiger partial charge >= 0.3 is 0 Å². The van der Waals surface area contributed by atoms with Crippen LogP contribution in [0.1, 0.15) is 53.4 Å². The quantitative estimate of drug-likeness (QED) is 0.357. The van der Waals surface area contributed by atoms with Gasteiger partial charge in [0, 0.05) is 3.57 Å². The lowest BCUT2D eigenvalue weighted by atomic mass is 9.89. The van der Waals surface area contributed by atoms with Crippen LogP contribution in [0.4, 0.5) is 0 Å². The third kappa shape index (κ3) is 3.89. The topological polar surface area (TPSA) is 0 Å². The van der Waals surface area contributed by atoms with Gasteiger partial charge in [0.2, 0.25) is 0 Å². The summed E-state index contributed by atoms with van der Waals surface area (Å²) in [5.41, 5.74) is 7.22. The number of benzene rings is 2. The summed E-state index contributed by atoms with van der Waals surface area (Å²) in [4.78, 5) is 0.283. The summed E-state index contributed by atoms with van der Waals surface area (Å²) in [6.45, 7) is 6.75.